The predicted octanol–water partition coefficient (Wildman–Crippen LogP) is 1.25. The summed E-state index contributed by atoms with van der Waals surface area (Å²) in [5.41, 5.74) is 2.59. The van der Waals surface area contributed by atoms with Crippen LogP contribution in [0.4, 0.5) is 0 Å². The van der Waals surface area contributed by atoms with Crippen LogP contribution in [0.2, 0.25) is 0 Å². The van der Waals surface area contributed by atoms with Gasteiger partial charge in [-0.15, -0.1) is 0 Å². The summed E-state index contributed by atoms with van der Waals surface area (Å²) in [6.07, 6.45) is 1.55. The maximum atomic E-state index is 5.55. The molecule has 1 aliphatic heterocycles. The van der Waals surface area contributed by atoms with Crippen LogP contribution in [0, 0.1) is 6.92 Å². The van der Waals surface area contributed by atoms with Crippen molar-refractivity contribution < 1.29 is 4.74 Å². The van der Waals surface area contributed by atoms with Gasteiger partial charge in [-0.2, -0.15) is 5.10 Å². The number of aliphatic imine (C=N–C) groups is 1. The molecule has 0 bridgehead atoms. The van der Waals surface area contributed by atoms with E-state index in [-0.39, 0.29) is 6.04 Å². The van der Waals surface area contributed by atoms with Crippen LogP contribution in [0.1, 0.15) is 29.9 Å². The third-order valence-electron chi connectivity index (χ3n) is 4.90. The van der Waals surface area contributed by atoms with Crippen LogP contribution in [0.3, 0.4) is 0 Å². The lowest BCUT2D eigenvalue weighted by Crippen LogP contribution is -2.46. The molecular weight excluding hydrogens is 354 g/mol. The van der Waals surface area contributed by atoms with Gasteiger partial charge in [0.25, 0.3) is 0 Å². The van der Waals surface area contributed by atoms with Gasteiger partial charge in [-0.25, -0.2) is 9.98 Å². The maximum Gasteiger partial charge on any atom is 0.191 e. The van der Waals surface area contributed by atoms with Crippen LogP contribution >= 0.6 is 0 Å². The Kier molecular flexibility index (Phi) is 7.39. The molecule has 2 N–H and O–H groups in total. The third kappa shape index (κ3) is 5.53. The van der Waals surface area contributed by atoms with Crippen LogP contribution in [0.25, 0.3) is 0 Å². The van der Waals surface area contributed by atoms with E-state index in [0.717, 1.165) is 51.2 Å². The summed E-state index contributed by atoms with van der Waals surface area (Å²) in [6, 6.07) is 9.01. The second-order valence-corrected chi connectivity index (χ2v) is 6.95. The van der Waals surface area contributed by atoms with Crippen molar-refractivity contribution in [3.63, 3.8) is 0 Å². The normalized spacial score (nSPS) is 16.8. The molecule has 1 saturated heterocycles. The molecule has 0 spiro atoms. The van der Waals surface area contributed by atoms with Gasteiger partial charge in [-0.1, -0.05) is 29.8 Å². The molecule has 8 heteroatoms. The molecule has 0 radical (unpaired) electrons. The highest BCUT2D eigenvalue weighted by Crippen LogP contribution is 2.22. The van der Waals surface area contributed by atoms with Gasteiger partial charge in [0.05, 0.1) is 19.3 Å². The van der Waals surface area contributed by atoms with Crippen molar-refractivity contribution in [3.8, 4) is 0 Å². The van der Waals surface area contributed by atoms with Crippen LogP contribution in [-0.2, 0) is 18.3 Å². The first-order valence-corrected chi connectivity index (χ1v) is 9.90. The van der Waals surface area contributed by atoms with Crippen molar-refractivity contribution in [2.75, 3.05) is 39.4 Å². The smallest absolute Gasteiger partial charge is 0.191 e. The number of hydrogen-bond donors (Lipinski definition) is 2. The zero-order chi connectivity index (χ0) is 19.8. The first-order chi connectivity index (χ1) is 13.7. The number of nitrogens with zero attached hydrogens (tertiary/aromatic N) is 5. The summed E-state index contributed by atoms with van der Waals surface area (Å²) < 4.78 is 7.30. The number of benzene rings is 1. The molecule has 1 aliphatic rings. The van der Waals surface area contributed by atoms with Crippen molar-refractivity contribution in [3.05, 3.63) is 47.5 Å². The number of aromatic nitrogens is 3. The molecule has 2 aromatic rings. The molecule has 1 unspecified atom stereocenters. The fourth-order valence-corrected chi connectivity index (χ4v) is 3.37. The Morgan fingerprint density at radius 2 is 2.11 bits per heavy atom. The van der Waals surface area contributed by atoms with E-state index in [9.17, 15) is 0 Å². The molecule has 1 fully saturated rings. The van der Waals surface area contributed by atoms with Crippen molar-refractivity contribution >= 4 is 5.96 Å². The van der Waals surface area contributed by atoms with E-state index >= 15 is 0 Å². The van der Waals surface area contributed by atoms with Gasteiger partial charge in [0.1, 0.15) is 18.7 Å². The Balaban J connectivity index is 1.71. The van der Waals surface area contributed by atoms with Crippen molar-refractivity contribution in [1.82, 2.24) is 30.3 Å². The molecular formula is C20H31N7O. The van der Waals surface area contributed by atoms with Gasteiger partial charge >= 0.3 is 0 Å². The highest BCUT2D eigenvalue weighted by atomic mass is 16.5. The van der Waals surface area contributed by atoms with Crippen LogP contribution in [-0.4, -0.2) is 65.0 Å². The van der Waals surface area contributed by atoms with Gasteiger partial charge in [-0.3, -0.25) is 9.58 Å². The molecule has 1 atom stereocenters. The average molecular weight is 386 g/mol. The predicted molar refractivity (Wildman–Crippen MR) is 110 cm³/mol. The Morgan fingerprint density at radius 1 is 1.29 bits per heavy atom. The van der Waals surface area contributed by atoms with E-state index in [2.05, 4.69) is 68.7 Å². The zero-order valence-electron chi connectivity index (χ0n) is 17.1. The fourth-order valence-electron chi connectivity index (χ4n) is 3.37. The van der Waals surface area contributed by atoms with E-state index in [0.29, 0.717) is 6.54 Å². The van der Waals surface area contributed by atoms with Gasteiger partial charge < -0.3 is 15.4 Å². The lowest BCUT2D eigenvalue weighted by atomic mass is 10.0. The number of ether oxygens (including phenoxy) is 1. The summed E-state index contributed by atoms with van der Waals surface area (Å²) >= 11 is 0. The zero-order valence-corrected chi connectivity index (χ0v) is 17.1. The minimum atomic E-state index is 0.266. The van der Waals surface area contributed by atoms with E-state index in [1.165, 1.54) is 11.1 Å². The Bertz CT molecular complexity index is 767. The maximum absolute atomic E-state index is 5.55. The van der Waals surface area contributed by atoms with Crippen LogP contribution < -0.4 is 10.6 Å². The summed E-state index contributed by atoms with van der Waals surface area (Å²) in [5.74, 6) is 1.62. The number of aryl methyl sites for hydroxylation is 2. The summed E-state index contributed by atoms with van der Waals surface area (Å²) in [6.45, 7) is 9.70. The second-order valence-electron chi connectivity index (χ2n) is 6.95. The molecule has 0 amide bonds. The Hall–Kier alpha value is -2.45. The second kappa shape index (κ2) is 10.2. The molecule has 1 aromatic carbocycles. The standard InChI is InChI=1S/C20H31N7O/c1-4-21-20(23-14-19-24-15-25-26(19)3)22-13-18(27-8-10-28-11-9-27)17-7-5-6-16(2)12-17/h5-7,12,15,18H,4,8-11,13-14H2,1-3H3,(H2,21,22,23). The monoisotopic (exact) mass is 385 g/mol. The number of hydrogen-bond acceptors (Lipinski definition) is 5. The molecule has 1 aromatic heterocycles. The van der Waals surface area contributed by atoms with Crippen LogP contribution in [0.5, 0.6) is 0 Å². The van der Waals surface area contributed by atoms with E-state index < -0.39 is 0 Å². The van der Waals surface area contributed by atoms with Gasteiger partial charge in [-0.05, 0) is 19.4 Å². The number of rotatable bonds is 7. The van der Waals surface area contributed by atoms with Gasteiger partial charge in [0.15, 0.2) is 5.96 Å². The average Bonchev–Trinajstić information content (AvgIpc) is 3.12. The summed E-state index contributed by atoms with van der Waals surface area (Å²) in [4.78, 5) is 11.4. The van der Waals surface area contributed by atoms with Crippen LogP contribution in [0.15, 0.2) is 35.6 Å². The van der Waals surface area contributed by atoms with Crippen molar-refractivity contribution in [2.45, 2.75) is 26.4 Å². The molecule has 3 rings (SSSR count). The minimum Gasteiger partial charge on any atom is -0.379 e. The first-order valence-electron chi connectivity index (χ1n) is 9.90. The molecule has 0 saturated carbocycles. The van der Waals surface area contributed by atoms with E-state index in [1.54, 1.807) is 11.0 Å². The Morgan fingerprint density at radius 3 is 2.79 bits per heavy atom. The van der Waals surface area contributed by atoms with Gasteiger partial charge in [0.2, 0.25) is 0 Å². The number of guanidine groups is 1. The number of nitrogens with one attached hydrogen (secondary N) is 2. The third-order valence-corrected chi connectivity index (χ3v) is 4.90. The van der Waals surface area contributed by atoms with Crippen molar-refractivity contribution in [2.24, 2.45) is 12.0 Å². The SMILES string of the molecule is CCNC(=NCc1ncnn1C)NCC(c1cccc(C)c1)N1CCOCC1. The molecule has 2 heterocycles. The molecule has 152 valence electrons. The fraction of sp³-hybridized carbons (Fsp3) is 0.550. The first kappa shape index (κ1) is 20.3. The molecule has 28 heavy (non-hydrogen) atoms. The van der Waals surface area contributed by atoms with E-state index in [1.807, 2.05) is 7.05 Å². The lowest BCUT2D eigenvalue weighted by molar-refractivity contribution is 0.0170. The summed E-state index contributed by atoms with van der Waals surface area (Å²) in [5, 5.41) is 10.9. The highest BCUT2D eigenvalue weighted by molar-refractivity contribution is 5.79. The quantitative estimate of drug-likeness (QED) is 0.552. The topological polar surface area (TPSA) is 79.6 Å². The Labute approximate surface area is 167 Å². The minimum absolute atomic E-state index is 0.266. The lowest BCUT2D eigenvalue weighted by Gasteiger charge is -2.35. The van der Waals surface area contributed by atoms with Gasteiger partial charge in [0, 0.05) is 33.2 Å². The summed E-state index contributed by atoms with van der Waals surface area (Å²) in [7, 11) is 1.88. The molecule has 8 nitrogen and oxygen atoms in total. The highest BCUT2D eigenvalue weighted by Gasteiger charge is 2.23. The number of morpholine rings is 1. The van der Waals surface area contributed by atoms with Crippen molar-refractivity contribution in [1.29, 1.82) is 0 Å². The molecule has 0 aliphatic carbocycles. The van der Waals surface area contributed by atoms with E-state index in [4.69, 9.17) is 4.74 Å². The largest absolute Gasteiger partial charge is 0.379 e.